The van der Waals surface area contributed by atoms with E-state index in [9.17, 15) is 31.2 Å². The third-order valence-electron chi connectivity index (χ3n) is 5.83. The van der Waals surface area contributed by atoms with E-state index in [2.05, 4.69) is 5.32 Å². The Labute approximate surface area is 234 Å². The van der Waals surface area contributed by atoms with Gasteiger partial charge in [0.05, 0.1) is 21.2 Å². The van der Waals surface area contributed by atoms with Crippen LogP contribution in [0.1, 0.15) is 18.1 Å². The molecule has 2 amide bonds. The molecule has 0 saturated heterocycles. The Kier molecular flexibility index (Phi) is 9.52. The Balaban J connectivity index is 2.10. The summed E-state index contributed by atoms with van der Waals surface area (Å²) in [6.45, 7) is 0.454. The number of nitrogens with zero attached hydrogens (tertiary/aromatic N) is 2. The topological polar surface area (TPSA) is 86.8 Å². The Bertz CT molecular complexity index is 1440. The second-order valence-corrected chi connectivity index (χ2v) is 11.1. The summed E-state index contributed by atoms with van der Waals surface area (Å²) in [4.78, 5) is 27.0. The smallest absolute Gasteiger partial charge is 0.357 e. The van der Waals surface area contributed by atoms with E-state index in [0.29, 0.717) is 21.0 Å². The lowest BCUT2D eigenvalue weighted by Gasteiger charge is -2.32. The van der Waals surface area contributed by atoms with E-state index >= 15 is 0 Å². The minimum Gasteiger partial charge on any atom is -0.357 e. The van der Waals surface area contributed by atoms with E-state index < -0.39 is 56.9 Å². The Morgan fingerprint density at radius 2 is 1.59 bits per heavy atom. The number of sulfonamides is 1. The predicted molar refractivity (Wildman–Crippen MR) is 143 cm³/mol. The summed E-state index contributed by atoms with van der Waals surface area (Å²) < 4.78 is 68.7. The molecule has 39 heavy (non-hydrogen) atoms. The van der Waals surface area contributed by atoms with E-state index in [-0.39, 0.29) is 11.4 Å². The van der Waals surface area contributed by atoms with Gasteiger partial charge in [-0.2, -0.15) is 13.2 Å². The minimum absolute atomic E-state index is 0.0990. The maximum atomic E-state index is 13.7. The van der Waals surface area contributed by atoms with Crippen molar-refractivity contribution < 1.29 is 31.2 Å². The van der Waals surface area contributed by atoms with Crippen molar-refractivity contribution in [3.63, 3.8) is 0 Å². The number of rotatable bonds is 9. The van der Waals surface area contributed by atoms with E-state index in [0.717, 1.165) is 17.0 Å². The standard InChI is InChI=1S/C26H24Cl2F3N3O4S/c1-17(25(36)32-2)33(15-18-8-10-19(27)11-9-18)24(35)16-34(39(37,38)21-6-4-3-5-7-21)20-12-13-23(28)22(14-20)26(29,30)31/h3-14,17H,15-16H2,1-2H3,(H,32,36)/t17-/m0/s1. The number of benzene rings is 3. The number of nitrogens with one attached hydrogen (secondary N) is 1. The van der Waals surface area contributed by atoms with Gasteiger partial charge in [-0.1, -0.05) is 53.5 Å². The molecule has 0 bridgehead atoms. The second kappa shape index (κ2) is 12.3. The van der Waals surface area contributed by atoms with Crippen LogP contribution >= 0.6 is 23.2 Å². The highest BCUT2D eigenvalue weighted by atomic mass is 35.5. The minimum atomic E-state index is -4.88. The molecule has 3 aromatic carbocycles. The van der Waals surface area contributed by atoms with Crippen LogP contribution < -0.4 is 9.62 Å². The molecule has 1 atom stereocenters. The van der Waals surface area contributed by atoms with Crippen LogP contribution in [0.5, 0.6) is 0 Å². The molecule has 0 heterocycles. The zero-order valence-electron chi connectivity index (χ0n) is 20.7. The number of hydrogen-bond donors (Lipinski definition) is 1. The molecule has 0 unspecified atom stereocenters. The van der Waals surface area contributed by atoms with Crippen LogP contribution in [0, 0.1) is 0 Å². The van der Waals surface area contributed by atoms with Crippen LogP contribution in [0.15, 0.2) is 77.7 Å². The van der Waals surface area contributed by atoms with Crippen molar-refractivity contribution in [1.29, 1.82) is 0 Å². The molecule has 0 aliphatic heterocycles. The fourth-order valence-corrected chi connectivity index (χ4v) is 5.49. The zero-order valence-corrected chi connectivity index (χ0v) is 23.1. The van der Waals surface area contributed by atoms with Crippen LogP contribution in [0.3, 0.4) is 0 Å². The lowest BCUT2D eigenvalue weighted by Crippen LogP contribution is -2.50. The molecule has 1 N–H and O–H groups in total. The molecule has 0 fully saturated rings. The average Bonchev–Trinajstić information content (AvgIpc) is 2.90. The molecule has 0 aliphatic carbocycles. The number of alkyl halides is 3. The van der Waals surface area contributed by atoms with Crippen LogP contribution in [-0.4, -0.2) is 44.8 Å². The van der Waals surface area contributed by atoms with Gasteiger partial charge in [-0.05, 0) is 55.0 Å². The molecule has 13 heteroatoms. The van der Waals surface area contributed by atoms with Crippen molar-refractivity contribution in [2.24, 2.45) is 0 Å². The molecule has 0 radical (unpaired) electrons. The van der Waals surface area contributed by atoms with Crippen molar-refractivity contribution in [3.8, 4) is 0 Å². The molecule has 208 valence electrons. The summed E-state index contributed by atoms with van der Waals surface area (Å²) in [7, 11) is -3.15. The molecule has 3 aromatic rings. The van der Waals surface area contributed by atoms with Gasteiger partial charge in [0.1, 0.15) is 12.6 Å². The van der Waals surface area contributed by atoms with Crippen molar-refractivity contribution >= 4 is 50.7 Å². The fraction of sp³-hybridized carbons (Fsp3) is 0.231. The molecule has 3 rings (SSSR count). The first-order valence-corrected chi connectivity index (χ1v) is 13.7. The van der Waals surface area contributed by atoms with Crippen molar-refractivity contribution in [1.82, 2.24) is 10.2 Å². The van der Waals surface area contributed by atoms with Crippen LogP contribution in [0.4, 0.5) is 18.9 Å². The van der Waals surface area contributed by atoms with Crippen LogP contribution in [-0.2, 0) is 32.3 Å². The highest BCUT2D eigenvalue weighted by molar-refractivity contribution is 7.92. The van der Waals surface area contributed by atoms with E-state index in [1.54, 1.807) is 30.3 Å². The lowest BCUT2D eigenvalue weighted by atomic mass is 10.1. The number of likely N-dealkylation sites (N-methyl/N-ethyl adjacent to an activating group) is 1. The predicted octanol–water partition coefficient (Wildman–Crippen LogP) is 5.37. The number of anilines is 1. The summed E-state index contributed by atoms with van der Waals surface area (Å²) in [5, 5.41) is 2.25. The molecular formula is C26H24Cl2F3N3O4S. The van der Waals surface area contributed by atoms with Gasteiger partial charge in [0.25, 0.3) is 10.0 Å². The first-order valence-electron chi connectivity index (χ1n) is 11.5. The average molecular weight is 602 g/mol. The van der Waals surface area contributed by atoms with Gasteiger partial charge < -0.3 is 10.2 Å². The second-order valence-electron chi connectivity index (χ2n) is 8.42. The first-order chi connectivity index (χ1) is 18.3. The highest BCUT2D eigenvalue weighted by Crippen LogP contribution is 2.38. The van der Waals surface area contributed by atoms with Crippen molar-refractivity contribution in [2.45, 2.75) is 30.6 Å². The fourth-order valence-electron chi connectivity index (χ4n) is 3.71. The number of carbonyl (C=O) groups excluding carboxylic acids is 2. The molecule has 7 nitrogen and oxygen atoms in total. The zero-order chi connectivity index (χ0) is 29.0. The SMILES string of the molecule is CNC(=O)[C@H](C)N(Cc1ccc(Cl)cc1)C(=O)CN(c1ccc(Cl)c(C(F)(F)F)c1)S(=O)(=O)c1ccccc1. The third-order valence-corrected chi connectivity index (χ3v) is 8.20. The molecular weight excluding hydrogens is 578 g/mol. The van der Waals surface area contributed by atoms with E-state index in [1.807, 2.05) is 0 Å². The molecule has 0 aromatic heterocycles. The van der Waals surface area contributed by atoms with Gasteiger partial charge >= 0.3 is 6.18 Å². The molecule has 0 saturated carbocycles. The van der Waals surface area contributed by atoms with Gasteiger partial charge in [0, 0.05) is 18.6 Å². The van der Waals surface area contributed by atoms with Gasteiger partial charge in [-0.3, -0.25) is 13.9 Å². The Hall–Kier alpha value is -3.28. The number of hydrogen-bond acceptors (Lipinski definition) is 4. The summed E-state index contributed by atoms with van der Waals surface area (Å²) in [6, 6.07) is 14.9. The van der Waals surface area contributed by atoms with Crippen LogP contribution in [0.25, 0.3) is 0 Å². The normalized spacial score (nSPS) is 12.5. The highest BCUT2D eigenvalue weighted by Gasteiger charge is 2.36. The van der Waals surface area contributed by atoms with Gasteiger partial charge in [0.2, 0.25) is 11.8 Å². The summed E-state index contributed by atoms with van der Waals surface area (Å²) in [6.07, 6.45) is -4.88. The summed E-state index contributed by atoms with van der Waals surface area (Å²) >= 11 is 11.7. The largest absolute Gasteiger partial charge is 0.417 e. The summed E-state index contributed by atoms with van der Waals surface area (Å²) in [5.74, 6) is -1.36. The van der Waals surface area contributed by atoms with E-state index in [1.165, 1.54) is 38.2 Å². The number of carbonyl (C=O) groups is 2. The van der Waals surface area contributed by atoms with E-state index in [4.69, 9.17) is 23.2 Å². The van der Waals surface area contributed by atoms with Gasteiger partial charge in [0.15, 0.2) is 0 Å². The van der Waals surface area contributed by atoms with Gasteiger partial charge in [-0.15, -0.1) is 0 Å². The maximum Gasteiger partial charge on any atom is 0.417 e. The number of halogens is 5. The van der Waals surface area contributed by atoms with Crippen LogP contribution in [0.2, 0.25) is 10.0 Å². The summed E-state index contributed by atoms with van der Waals surface area (Å²) in [5.41, 5.74) is -1.10. The third kappa shape index (κ3) is 7.23. The van der Waals surface area contributed by atoms with Gasteiger partial charge in [-0.25, -0.2) is 8.42 Å². The molecule has 0 spiro atoms. The lowest BCUT2D eigenvalue weighted by molar-refractivity contribution is -0.139. The quantitative estimate of drug-likeness (QED) is 0.357. The number of amides is 2. The van der Waals surface area contributed by atoms with Crippen molar-refractivity contribution in [2.75, 3.05) is 17.9 Å². The van der Waals surface area contributed by atoms with Crippen molar-refractivity contribution in [3.05, 3.63) is 94.0 Å². The Morgan fingerprint density at radius 1 is 0.974 bits per heavy atom. The molecule has 0 aliphatic rings. The first kappa shape index (κ1) is 30.3. The Morgan fingerprint density at radius 3 is 2.15 bits per heavy atom. The monoisotopic (exact) mass is 601 g/mol. The maximum absolute atomic E-state index is 13.7.